The van der Waals surface area contributed by atoms with Gasteiger partial charge in [0.15, 0.2) is 0 Å². The van der Waals surface area contributed by atoms with E-state index >= 15 is 0 Å². The standard InChI is InChI=1S/C50H37N5O.Pt/c1-30(2)50(31(3)4)40-19-11-18-38-36-24-22-35(29-43(36)55(47(38)40)49-41(50)20-12-27-52-49)56-34-23-25-37-39(28-34)48-53-44(32-14-7-5-8-15-32)46(33-16-9-6-10-17-33)54(48)42-21-13-26-51-45(37)42;/h5-27,30-31H,1-4H3;/q-2;+2. The first-order chi connectivity index (χ1) is 27.4. The van der Waals surface area contributed by atoms with Crippen LogP contribution in [0.2, 0.25) is 0 Å². The first-order valence-electron chi connectivity index (χ1n) is 19.3. The summed E-state index contributed by atoms with van der Waals surface area (Å²) in [5.74, 6) is 2.85. The topological polar surface area (TPSA) is 57.2 Å². The van der Waals surface area contributed by atoms with Crippen molar-refractivity contribution in [2.24, 2.45) is 11.8 Å². The van der Waals surface area contributed by atoms with E-state index in [2.05, 4.69) is 146 Å². The van der Waals surface area contributed by atoms with Crippen LogP contribution in [0.3, 0.4) is 0 Å². The fourth-order valence-electron chi connectivity index (χ4n) is 9.82. The van der Waals surface area contributed by atoms with Gasteiger partial charge < -0.3 is 13.7 Å². The maximum absolute atomic E-state index is 6.71. The van der Waals surface area contributed by atoms with Gasteiger partial charge in [-0.3, -0.25) is 9.97 Å². The van der Waals surface area contributed by atoms with Crippen molar-refractivity contribution in [2.45, 2.75) is 33.1 Å². The van der Waals surface area contributed by atoms with E-state index in [1.807, 2.05) is 42.7 Å². The fraction of sp³-hybridized carbons (Fsp3) is 0.140. The molecule has 0 saturated heterocycles. The molecule has 5 aromatic heterocycles. The summed E-state index contributed by atoms with van der Waals surface area (Å²) in [5.41, 5.74) is 11.2. The third-order valence-electron chi connectivity index (χ3n) is 12.0. The van der Waals surface area contributed by atoms with Crippen LogP contribution in [0.5, 0.6) is 11.5 Å². The second-order valence-corrected chi connectivity index (χ2v) is 15.5. The van der Waals surface area contributed by atoms with E-state index in [1.165, 1.54) is 22.0 Å². The number of fused-ring (bicyclic) bond motifs is 11. The molecule has 6 nitrogen and oxygen atoms in total. The first kappa shape index (κ1) is 35.3. The maximum atomic E-state index is 6.71. The summed E-state index contributed by atoms with van der Waals surface area (Å²) in [7, 11) is 0. The molecule has 11 rings (SSSR count). The molecule has 0 unspecified atom stereocenters. The average Bonchev–Trinajstić information content (AvgIpc) is 3.80. The Balaban J connectivity index is 0.00000396. The van der Waals surface area contributed by atoms with Gasteiger partial charge in [0.2, 0.25) is 0 Å². The van der Waals surface area contributed by atoms with Crippen LogP contribution in [0.1, 0.15) is 38.8 Å². The summed E-state index contributed by atoms with van der Waals surface area (Å²) >= 11 is 0. The van der Waals surface area contributed by atoms with Crippen LogP contribution >= 0.6 is 0 Å². The minimum absolute atomic E-state index is 0. The van der Waals surface area contributed by atoms with Gasteiger partial charge in [0.1, 0.15) is 5.82 Å². The molecule has 0 N–H and O–H groups in total. The number of hydrogen-bond acceptors (Lipinski definition) is 4. The molecule has 57 heavy (non-hydrogen) atoms. The third kappa shape index (κ3) is 4.96. The average molecular weight is 919 g/mol. The molecule has 0 aliphatic carbocycles. The molecule has 0 bridgehead atoms. The number of ether oxygens (including phenoxy) is 1. The Morgan fingerprint density at radius 3 is 2.04 bits per heavy atom. The molecular formula is C50H37N5OPt. The van der Waals surface area contributed by atoms with Crippen molar-refractivity contribution in [3.05, 3.63) is 163 Å². The van der Waals surface area contributed by atoms with Gasteiger partial charge in [0, 0.05) is 46.0 Å². The fourth-order valence-corrected chi connectivity index (χ4v) is 9.82. The van der Waals surface area contributed by atoms with E-state index < -0.39 is 0 Å². The zero-order valence-corrected chi connectivity index (χ0v) is 34.2. The molecule has 1 aliphatic rings. The molecule has 7 heteroatoms. The van der Waals surface area contributed by atoms with Crippen LogP contribution in [-0.4, -0.2) is 23.9 Å². The van der Waals surface area contributed by atoms with Gasteiger partial charge in [0.25, 0.3) is 0 Å². The smallest absolute Gasteiger partial charge is 0.503 e. The monoisotopic (exact) mass is 918 g/mol. The summed E-state index contributed by atoms with van der Waals surface area (Å²) in [6.45, 7) is 9.36. The third-order valence-corrected chi connectivity index (χ3v) is 12.0. The summed E-state index contributed by atoms with van der Waals surface area (Å²) in [5, 5.41) is 4.11. The predicted molar refractivity (Wildman–Crippen MR) is 226 cm³/mol. The molecule has 0 radical (unpaired) electrons. The first-order valence-corrected chi connectivity index (χ1v) is 19.3. The minimum Gasteiger partial charge on any atom is -0.503 e. The molecule has 0 atom stereocenters. The van der Waals surface area contributed by atoms with Crippen molar-refractivity contribution in [1.82, 2.24) is 23.9 Å². The normalized spacial score (nSPS) is 13.2. The number of para-hydroxylation sites is 1. The Labute approximate surface area is 345 Å². The van der Waals surface area contributed by atoms with E-state index in [4.69, 9.17) is 19.7 Å². The minimum atomic E-state index is -0.190. The van der Waals surface area contributed by atoms with Crippen LogP contribution in [0.25, 0.3) is 77.6 Å². The Kier molecular flexibility index (Phi) is 8.21. The van der Waals surface area contributed by atoms with Crippen LogP contribution in [0.4, 0.5) is 0 Å². The number of hydrogen-bond donors (Lipinski definition) is 0. The summed E-state index contributed by atoms with van der Waals surface area (Å²) in [6, 6.07) is 51.6. The molecular weight excluding hydrogens is 882 g/mol. The van der Waals surface area contributed by atoms with Gasteiger partial charge in [-0.25, -0.2) is 4.98 Å². The molecule has 6 heterocycles. The molecule has 0 saturated carbocycles. The zero-order chi connectivity index (χ0) is 37.7. The number of rotatable bonds is 6. The molecule has 0 fully saturated rings. The molecule has 0 spiro atoms. The Bertz CT molecular complexity index is 3180. The van der Waals surface area contributed by atoms with Crippen LogP contribution < -0.4 is 4.74 Å². The Morgan fingerprint density at radius 1 is 0.614 bits per heavy atom. The number of benzene rings is 5. The van der Waals surface area contributed by atoms with Crippen molar-refractivity contribution < 1.29 is 25.8 Å². The second-order valence-electron chi connectivity index (χ2n) is 15.5. The van der Waals surface area contributed by atoms with E-state index in [0.717, 1.165) is 66.7 Å². The zero-order valence-electron chi connectivity index (χ0n) is 31.9. The van der Waals surface area contributed by atoms with Crippen molar-refractivity contribution in [3.63, 3.8) is 0 Å². The van der Waals surface area contributed by atoms with Gasteiger partial charge in [-0.2, -0.15) is 6.07 Å². The van der Waals surface area contributed by atoms with Crippen molar-refractivity contribution >= 4 is 49.3 Å². The summed E-state index contributed by atoms with van der Waals surface area (Å²) in [6.07, 6.45) is 3.75. The number of nitrogens with zero attached hydrogens (tertiary/aromatic N) is 5. The van der Waals surface area contributed by atoms with Gasteiger partial charge in [-0.05, 0) is 46.5 Å². The molecule has 1 aliphatic heterocycles. The second kappa shape index (κ2) is 13.2. The summed E-state index contributed by atoms with van der Waals surface area (Å²) < 4.78 is 11.2. The van der Waals surface area contributed by atoms with E-state index in [-0.39, 0.29) is 26.5 Å². The Morgan fingerprint density at radius 2 is 1.28 bits per heavy atom. The quantitative estimate of drug-likeness (QED) is 0.123. The van der Waals surface area contributed by atoms with Gasteiger partial charge >= 0.3 is 21.1 Å². The summed E-state index contributed by atoms with van der Waals surface area (Å²) in [4.78, 5) is 15.3. The number of pyridine rings is 3. The molecule has 5 aromatic carbocycles. The molecule has 278 valence electrons. The van der Waals surface area contributed by atoms with E-state index in [0.29, 0.717) is 23.3 Å². The van der Waals surface area contributed by atoms with Crippen LogP contribution in [0.15, 0.2) is 140 Å². The van der Waals surface area contributed by atoms with Crippen LogP contribution in [0, 0.1) is 24.0 Å². The van der Waals surface area contributed by atoms with Crippen LogP contribution in [-0.2, 0) is 26.5 Å². The molecule has 0 amide bonds. The largest absolute Gasteiger partial charge is 2.00 e. The number of aromatic nitrogens is 5. The van der Waals surface area contributed by atoms with Crippen molar-refractivity contribution in [3.8, 4) is 39.8 Å². The molecule has 10 aromatic rings. The van der Waals surface area contributed by atoms with Crippen molar-refractivity contribution in [1.29, 1.82) is 0 Å². The van der Waals surface area contributed by atoms with Gasteiger partial charge in [-0.1, -0.05) is 141 Å². The van der Waals surface area contributed by atoms with E-state index in [1.54, 1.807) is 0 Å². The van der Waals surface area contributed by atoms with E-state index in [9.17, 15) is 0 Å². The SMILES string of the molecule is CC(C)C1(C(C)C)c2cccnc2-n2c3[c-]c(Oc4[c-]c5c(cc4)c4ncccc4n4c(-c6ccccc6)c(-c6ccccc6)nc54)ccc3c3cccc1c32.[Pt+2]. The van der Waals surface area contributed by atoms with Gasteiger partial charge in [0.05, 0.1) is 28.1 Å². The van der Waals surface area contributed by atoms with Crippen molar-refractivity contribution in [2.75, 3.05) is 0 Å². The Hall–Kier alpha value is -6.10. The van der Waals surface area contributed by atoms with Gasteiger partial charge in [-0.15, -0.1) is 23.6 Å². The maximum Gasteiger partial charge on any atom is 2.00 e. The predicted octanol–water partition coefficient (Wildman–Crippen LogP) is 12.2. The number of imidazole rings is 1.